The summed E-state index contributed by atoms with van der Waals surface area (Å²) >= 11 is 30.1. The number of rotatable bonds is 3. The molecule has 0 aliphatic heterocycles. The molecule has 10 heteroatoms. The van der Waals surface area contributed by atoms with E-state index in [-0.39, 0.29) is 42.9 Å². The smallest absolute Gasteiger partial charge is 0.254 e. The zero-order valence-corrected chi connectivity index (χ0v) is 13.9. The van der Waals surface area contributed by atoms with Crippen LogP contribution in [0.4, 0.5) is 5.82 Å². The quantitative estimate of drug-likeness (QED) is 0.548. The number of aromatic amines is 1. The van der Waals surface area contributed by atoms with Gasteiger partial charge in [0.05, 0.1) is 30.8 Å². The average Bonchev–Trinajstić information content (AvgIpc) is 2.80. The third kappa shape index (κ3) is 2.89. The van der Waals surface area contributed by atoms with Crippen molar-refractivity contribution < 1.29 is 4.79 Å². The van der Waals surface area contributed by atoms with E-state index in [0.717, 1.165) is 0 Å². The zero-order valence-electron chi connectivity index (χ0n) is 10.1. The van der Waals surface area contributed by atoms with Crippen LogP contribution >= 0.6 is 58.0 Å². The average molecular weight is 388 g/mol. The molecule has 2 aromatic rings. The molecule has 0 unspecified atom stereocenters. The number of carbonyl (C=O) groups is 1. The number of nitrogens with one attached hydrogen (secondary N) is 1. The van der Waals surface area contributed by atoms with Gasteiger partial charge in [0.1, 0.15) is 5.56 Å². The van der Waals surface area contributed by atoms with Crippen molar-refractivity contribution in [1.29, 1.82) is 0 Å². The number of nitrogens with zero attached hydrogens (tertiary/aromatic N) is 1. The first-order chi connectivity index (χ1) is 9.75. The number of carbonyl (C=O) groups excluding carboxylic acids is 1. The molecule has 0 aliphatic rings. The fourth-order valence-electron chi connectivity index (χ4n) is 1.78. The first-order valence-corrected chi connectivity index (χ1v) is 7.27. The summed E-state index contributed by atoms with van der Waals surface area (Å²) in [4.78, 5) is 11.4. The van der Waals surface area contributed by atoms with Crippen LogP contribution < -0.4 is 11.5 Å². The predicted molar refractivity (Wildman–Crippen MR) is 85.8 cm³/mol. The van der Waals surface area contributed by atoms with Crippen molar-refractivity contribution in [3.63, 3.8) is 0 Å². The Balaban J connectivity index is 2.58. The number of amides is 1. The van der Waals surface area contributed by atoms with Gasteiger partial charge in [-0.05, 0) is 5.56 Å². The third-order valence-electron chi connectivity index (χ3n) is 2.77. The topological polar surface area (TPSA) is 97.8 Å². The van der Waals surface area contributed by atoms with Crippen LogP contribution in [0.1, 0.15) is 21.6 Å². The van der Waals surface area contributed by atoms with E-state index in [2.05, 4.69) is 10.2 Å². The van der Waals surface area contributed by atoms with Gasteiger partial charge >= 0.3 is 0 Å². The summed E-state index contributed by atoms with van der Waals surface area (Å²) in [6.45, 7) is 0. The number of hydrogen-bond donors (Lipinski definition) is 3. The van der Waals surface area contributed by atoms with E-state index in [9.17, 15) is 4.79 Å². The van der Waals surface area contributed by atoms with E-state index in [1.54, 1.807) is 0 Å². The second-order valence-electron chi connectivity index (χ2n) is 4.05. The van der Waals surface area contributed by atoms with Crippen LogP contribution in [0, 0.1) is 0 Å². The monoisotopic (exact) mass is 386 g/mol. The molecule has 112 valence electrons. The van der Waals surface area contributed by atoms with Crippen LogP contribution in [0.25, 0.3) is 0 Å². The van der Waals surface area contributed by atoms with E-state index in [1.165, 1.54) is 0 Å². The molecule has 0 saturated carbocycles. The highest BCUT2D eigenvalue weighted by Gasteiger charge is 2.23. The largest absolute Gasteiger partial charge is 0.382 e. The van der Waals surface area contributed by atoms with Crippen LogP contribution in [-0.2, 0) is 6.42 Å². The molecule has 21 heavy (non-hydrogen) atoms. The number of anilines is 1. The van der Waals surface area contributed by atoms with Gasteiger partial charge in [-0.15, -0.1) is 0 Å². The Kier molecular flexibility index (Phi) is 4.80. The molecule has 0 saturated heterocycles. The number of aromatic nitrogens is 2. The molecule has 0 bridgehead atoms. The van der Waals surface area contributed by atoms with Gasteiger partial charge in [-0.3, -0.25) is 9.89 Å². The predicted octanol–water partition coefficient (Wildman–Crippen LogP) is 3.95. The lowest BCUT2D eigenvalue weighted by Gasteiger charge is -2.12. The lowest BCUT2D eigenvalue weighted by atomic mass is 10.1. The minimum Gasteiger partial charge on any atom is -0.382 e. The number of hydrogen-bond acceptors (Lipinski definition) is 3. The van der Waals surface area contributed by atoms with Gasteiger partial charge in [0, 0.05) is 6.42 Å². The molecule has 0 fully saturated rings. The Morgan fingerprint density at radius 1 is 1.00 bits per heavy atom. The Morgan fingerprint density at radius 3 is 1.95 bits per heavy atom. The number of nitrogens with two attached hydrogens (primary N) is 2. The van der Waals surface area contributed by atoms with Crippen molar-refractivity contribution in [2.45, 2.75) is 6.42 Å². The molecule has 5 nitrogen and oxygen atoms in total. The van der Waals surface area contributed by atoms with Crippen molar-refractivity contribution >= 4 is 69.7 Å². The Labute approximate surface area is 144 Å². The van der Waals surface area contributed by atoms with E-state index in [0.29, 0.717) is 11.3 Å². The fraction of sp³-hybridized carbons (Fsp3) is 0.0909. The third-order valence-corrected chi connectivity index (χ3v) is 5.12. The number of primary amides is 1. The Morgan fingerprint density at radius 2 is 1.48 bits per heavy atom. The number of benzene rings is 1. The molecule has 0 atom stereocenters. The number of halogens is 5. The van der Waals surface area contributed by atoms with Gasteiger partial charge in [0.15, 0.2) is 5.82 Å². The molecule has 1 aromatic heterocycles. The molecular weight excluding hydrogens is 381 g/mol. The maximum Gasteiger partial charge on any atom is 0.254 e. The summed E-state index contributed by atoms with van der Waals surface area (Å²) in [7, 11) is 0. The summed E-state index contributed by atoms with van der Waals surface area (Å²) in [6, 6.07) is 0. The first-order valence-electron chi connectivity index (χ1n) is 5.38. The van der Waals surface area contributed by atoms with Crippen LogP contribution in [-0.4, -0.2) is 16.1 Å². The van der Waals surface area contributed by atoms with E-state index < -0.39 is 5.91 Å². The van der Waals surface area contributed by atoms with E-state index >= 15 is 0 Å². The molecule has 1 amide bonds. The molecule has 0 spiro atoms. The van der Waals surface area contributed by atoms with Crippen molar-refractivity contribution in [3.05, 3.63) is 41.9 Å². The summed E-state index contributed by atoms with van der Waals surface area (Å²) in [5.74, 6) is -0.745. The van der Waals surface area contributed by atoms with Crippen molar-refractivity contribution in [3.8, 4) is 0 Å². The minimum absolute atomic E-state index is 0.0177. The van der Waals surface area contributed by atoms with Gasteiger partial charge in [-0.2, -0.15) is 5.10 Å². The second kappa shape index (κ2) is 6.10. The minimum atomic E-state index is -0.727. The van der Waals surface area contributed by atoms with E-state index in [1.807, 2.05) is 0 Å². The molecule has 0 aliphatic carbocycles. The summed E-state index contributed by atoms with van der Waals surface area (Å²) in [5.41, 5.74) is 11.6. The van der Waals surface area contributed by atoms with Gasteiger partial charge in [-0.1, -0.05) is 58.0 Å². The molecule has 1 aromatic carbocycles. The van der Waals surface area contributed by atoms with Crippen molar-refractivity contribution in [2.24, 2.45) is 5.73 Å². The standard InChI is InChI=1S/C11H7Cl5N4O/c12-5-2(6(13)8(15)9(16)7(5)14)1-3-4(11(18)21)10(17)20-19-3/h1H2,(H2,18,21)(H3,17,19,20). The lowest BCUT2D eigenvalue weighted by molar-refractivity contribution is 0.100. The maximum absolute atomic E-state index is 11.4. The highest BCUT2D eigenvalue weighted by Crippen LogP contribution is 2.44. The Hall–Kier alpha value is -0.850. The SMILES string of the molecule is NC(=O)c1c(N)n[nH]c1Cc1c(Cl)c(Cl)c(Cl)c(Cl)c1Cl. The Bertz CT molecular complexity index is 714. The van der Waals surface area contributed by atoms with Gasteiger partial charge in [0.25, 0.3) is 5.91 Å². The van der Waals surface area contributed by atoms with Crippen LogP contribution in [0.2, 0.25) is 25.1 Å². The highest BCUT2D eigenvalue weighted by molar-refractivity contribution is 6.55. The van der Waals surface area contributed by atoms with Crippen molar-refractivity contribution in [1.82, 2.24) is 10.2 Å². The van der Waals surface area contributed by atoms with Gasteiger partial charge in [0.2, 0.25) is 0 Å². The summed E-state index contributed by atoms with van der Waals surface area (Å²) < 4.78 is 0. The van der Waals surface area contributed by atoms with Gasteiger partial charge < -0.3 is 11.5 Å². The first kappa shape index (κ1) is 16.5. The summed E-state index contributed by atoms with van der Waals surface area (Å²) in [5, 5.41) is 6.76. The van der Waals surface area contributed by atoms with Gasteiger partial charge in [-0.25, -0.2) is 0 Å². The molecule has 5 N–H and O–H groups in total. The lowest BCUT2D eigenvalue weighted by Crippen LogP contribution is -2.14. The molecular formula is C11H7Cl5N4O. The van der Waals surface area contributed by atoms with Crippen molar-refractivity contribution in [2.75, 3.05) is 5.73 Å². The van der Waals surface area contributed by atoms with E-state index in [4.69, 9.17) is 69.5 Å². The van der Waals surface area contributed by atoms with Crippen LogP contribution in [0.5, 0.6) is 0 Å². The summed E-state index contributed by atoms with van der Waals surface area (Å²) in [6.07, 6.45) is 0.0801. The molecule has 2 rings (SSSR count). The highest BCUT2D eigenvalue weighted by atomic mass is 35.5. The maximum atomic E-state index is 11.4. The molecule has 0 radical (unpaired) electrons. The normalized spacial score (nSPS) is 10.9. The fourth-order valence-corrected chi connectivity index (χ4v) is 3.09. The number of nitrogen functional groups attached to an aromatic ring is 1. The number of H-pyrrole nitrogens is 1. The zero-order chi connectivity index (χ0) is 15.9. The molecule has 1 heterocycles. The van der Waals surface area contributed by atoms with Crippen LogP contribution in [0.15, 0.2) is 0 Å². The second-order valence-corrected chi connectivity index (χ2v) is 5.94. The van der Waals surface area contributed by atoms with Crippen LogP contribution in [0.3, 0.4) is 0 Å².